The number of benzene rings is 1. The van der Waals surface area contributed by atoms with Crippen molar-refractivity contribution in [3.8, 4) is 11.5 Å². The second-order valence-electron chi connectivity index (χ2n) is 3.33. The van der Waals surface area contributed by atoms with Crippen LogP contribution in [0, 0.1) is 0 Å². The Hall–Kier alpha value is -1.58. The lowest BCUT2D eigenvalue weighted by Crippen LogP contribution is -1.95. The van der Waals surface area contributed by atoms with Gasteiger partial charge in [-0.05, 0) is 29.7 Å². The third kappa shape index (κ3) is 1.93. The van der Waals surface area contributed by atoms with Gasteiger partial charge >= 0.3 is 0 Å². The summed E-state index contributed by atoms with van der Waals surface area (Å²) >= 11 is 0. The van der Waals surface area contributed by atoms with Gasteiger partial charge < -0.3 is 14.3 Å². The molecule has 4 heteroatoms. The molecule has 0 amide bonds. The molecule has 0 spiro atoms. The van der Waals surface area contributed by atoms with Crippen LogP contribution in [0.3, 0.4) is 0 Å². The number of rotatable bonds is 4. The average molecular weight is 210 g/mol. The van der Waals surface area contributed by atoms with Gasteiger partial charge in [0.2, 0.25) is 6.79 Å². The number of aldehydes is 1. The summed E-state index contributed by atoms with van der Waals surface area (Å²) in [6, 6.07) is 3.35. The van der Waals surface area contributed by atoms with E-state index in [-0.39, 0.29) is 6.79 Å². The number of hydrogen-bond donors (Lipinski definition) is 0. The van der Waals surface area contributed by atoms with Gasteiger partial charge in [0.15, 0.2) is 11.5 Å². The van der Waals surface area contributed by atoms with Crippen molar-refractivity contribution < 1.29 is 18.7 Å². The average Bonchev–Trinajstić information content (AvgIpc) is 2.73. The van der Waals surface area contributed by atoms with Gasteiger partial charge in [-0.1, -0.05) is 0 Å². The van der Waals surface area contributed by atoms with Gasteiger partial charge in [0.1, 0.15) is 13.0 Å². The summed E-state index contributed by atoms with van der Waals surface area (Å²) in [6.45, 7) is -0.371. The van der Waals surface area contributed by atoms with Crippen LogP contribution in [0.15, 0.2) is 12.1 Å². The molecule has 0 aliphatic carbocycles. The highest BCUT2D eigenvalue weighted by Crippen LogP contribution is 2.37. The maximum atomic E-state index is 12.5. The van der Waals surface area contributed by atoms with E-state index in [4.69, 9.17) is 9.47 Å². The SMILES string of the molecule is O=CCCc1cc(CF)cc2c1OCO2. The van der Waals surface area contributed by atoms with E-state index in [1.165, 1.54) is 0 Å². The van der Waals surface area contributed by atoms with Gasteiger partial charge in [0.25, 0.3) is 0 Å². The molecule has 0 saturated heterocycles. The van der Waals surface area contributed by atoms with E-state index in [2.05, 4.69) is 0 Å². The zero-order valence-electron chi connectivity index (χ0n) is 8.16. The molecule has 0 unspecified atom stereocenters. The number of aryl methyl sites for hydroxylation is 1. The second kappa shape index (κ2) is 4.29. The van der Waals surface area contributed by atoms with Gasteiger partial charge in [0.05, 0.1) is 0 Å². The molecule has 1 aliphatic heterocycles. The van der Waals surface area contributed by atoms with E-state index in [1.54, 1.807) is 12.1 Å². The molecule has 80 valence electrons. The van der Waals surface area contributed by atoms with Crippen molar-refractivity contribution in [1.82, 2.24) is 0 Å². The normalized spacial score (nSPS) is 12.9. The number of alkyl halides is 1. The van der Waals surface area contributed by atoms with E-state index in [0.29, 0.717) is 29.9 Å². The van der Waals surface area contributed by atoms with Crippen molar-refractivity contribution in [2.45, 2.75) is 19.5 Å². The van der Waals surface area contributed by atoms with E-state index >= 15 is 0 Å². The molecule has 0 aromatic heterocycles. The quantitative estimate of drug-likeness (QED) is 0.713. The fraction of sp³-hybridized carbons (Fsp3) is 0.364. The first-order valence-electron chi connectivity index (χ1n) is 4.76. The lowest BCUT2D eigenvalue weighted by atomic mass is 10.1. The highest BCUT2D eigenvalue weighted by Gasteiger charge is 2.18. The highest BCUT2D eigenvalue weighted by molar-refractivity contribution is 5.54. The molecule has 1 heterocycles. The fourth-order valence-electron chi connectivity index (χ4n) is 1.62. The topological polar surface area (TPSA) is 35.5 Å². The van der Waals surface area contributed by atoms with Crippen molar-refractivity contribution in [2.24, 2.45) is 0 Å². The van der Waals surface area contributed by atoms with Crippen LogP contribution in [-0.2, 0) is 17.9 Å². The molecule has 0 bridgehead atoms. The summed E-state index contributed by atoms with van der Waals surface area (Å²) in [7, 11) is 0. The molecule has 1 aliphatic rings. The van der Waals surface area contributed by atoms with Crippen LogP contribution in [0.1, 0.15) is 17.5 Å². The van der Waals surface area contributed by atoms with E-state index in [0.717, 1.165) is 11.8 Å². The van der Waals surface area contributed by atoms with Crippen LogP contribution in [0.4, 0.5) is 4.39 Å². The smallest absolute Gasteiger partial charge is 0.231 e. The van der Waals surface area contributed by atoms with E-state index < -0.39 is 6.67 Å². The summed E-state index contributed by atoms with van der Waals surface area (Å²) in [5, 5.41) is 0. The zero-order chi connectivity index (χ0) is 10.7. The summed E-state index contributed by atoms with van der Waals surface area (Å²) < 4.78 is 23.0. The molecule has 1 aromatic carbocycles. The predicted molar refractivity (Wildman–Crippen MR) is 51.8 cm³/mol. The monoisotopic (exact) mass is 210 g/mol. The lowest BCUT2D eigenvalue weighted by Gasteiger charge is -2.06. The van der Waals surface area contributed by atoms with Crippen molar-refractivity contribution >= 4 is 6.29 Å². The molecular formula is C11H11FO3. The van der Waals surface area contributed by atoms with Crippen LogP contribution in [-0.4, -0.2) is 13.1 Å². The van der Waals surface area contributed by atoms with Crippen LogP contribution in [0.25, 0.3) is 0 Å². The van der Waals surface area contributed by atoms with Gasteiger partial charge in [-0.3, -0.25) is 0 Å². The fourth-order valence-corrected chi connectivity index (χ4v) is 1.62. The number of carbonyl (C=O) groups is 1. The van der Waals surface area contributed by atoms with Crippen molar-refractivity contribution in [1.29, 1.82) is 0 Å². The Bertz CT molecular complexity index is 376. The number of hydrogen-bond acceptors (Lipinski definition) is 3. The minimum atomic E-state index is -0.537. The molecule has 0 fully saturated rings. The number of halogens is 1. The highest BCUT2D eigenvalue weighted by atomic mass is 19.1. The Morgan fingerprint density at radius 1 is 1.40 bits per heavy atom. The predicted octanol–water partition coefficient (Wildman–Crippen LogP) is 2.02. The van der Waals surface area contributed by atoms with Gasteiger partial charge in [-0.15, -0.1) is 0 Å². The second-order valence-corrected chi connectivity index (χ2v) is 3.33. The third-order valence-corrected chi connectivity index (χ3v) is 2.30. The van der Waals surface area contributed by atoms with Crippen LogP contribution in [0.2, 0.25) is 0 Å². The van der Waals surface area contributed by atoms with Crippen molar-refractivity contribution in [3.05, 3.63) is 23.3 Å². The molecule has 0 radical (unpaired) electrons. The molecule has 0 N–H and O–H groups in total. The molecule has 3 nitrogen and oxygen atoms in total. The first kappa shape index (κ1) is 9.96. The summed E-state index contributed by atoms with van der Waals surface area (Å²) in [4.78, 5) is 10.3. The molecule has 0 saturated carbocycles. The largest absolute Gasteiger partial charge is 0.454 e. The summed E-state index contributed by atoms with van der Waals surface area (Å²) in [5.74, 6) is 1.22. The van der Waals surface area contributed by atoms with Crippen LogP contribution >= 0.6 is 0 Å². The Morgan fingerprint density at radius 2 is 2.27 bits per heavy atom. The van der Waals surface area contributed by atoms with Gasteiger partial charge in [-0.2, -0.15) is 0 Å². The first-order valence-corrected chi connectivity index (χ1v) is 4.76. The third-order valence-electron chi connectivity index (χ3n) is 2.30. The minimum absolute atomic E-state index is 0.166. The number of fused-ring (bicyclic) bond motifs is 1. The molecular weight excluding hydrogens is 199 g/mol. The van der Waals surface area contributed by atoms with Crippen LogP contribution < -0.4 is 9.47 Å². The van der Waals surface area contributed by atoms with Gasteiger partial charge in [-0.25, -0.2) is 4.39 Å². The Kier molecular flexibility index (Phi) is 2.85. The van der Waals surface area contributed by atoms with E-state index in [9.17, 15) is 9.18 Å². The van der Waals surface area contributed by atoms with E-state index in [1.807, 2.05) is 0 Å². The standard InChI is InChI=1S/C11H11FO3/c12-6-8-4-9(2-1-3-13)11-10(5-8)14-7-15-11/h3-5H,1-2,6-7H2. The zero-order valence-corrected chi connectivity index (χ0v) is 8.16. The Labute approximate surface area is 86.8 Å². The maximum absolute atomic E-state index is 12.5. The van der Waals surface area contributed by atoms with Crippen LogP contribution in [0.5, 0.6) is 11.5 Å². The Morgan fingerprint density at radius 3 is 3.00 bits per heavy atom. The summed E-state index contributed by atoms with van der Waals surface area (Å²) in [5.41, 5.74) is 1.39. The lowest BCUT2D eigenvalue weighted by molar-refractivity contribution is -0.107. The Balaban J connectivity index is 2.33. The molecule has 15 heavy (non-hydrogen) atoms. The molecule has 1 aromatic rings. The van der Waals surface area contributed by atoms with Crippen molar-refractivity contribution in [2.75, 3.05) is 6.79 Å². The maximum Gasteiger partial charge on any atom is 0.231 e. The molecule has 0 atom stereocenters. The number of carbonyl (C=O) groups excluding carboxylic acids is 1. The van der Waals surface area contributed by atoms with Crippen molar-refractivity contribution in [3.63, 3.8) is 0 Å². The minimum Gasteiger partial charge on any atom is -0.454 e. The first-order chi connectivity index (χ1) is 7.35. The van der Waals surface area contributed by atoms with Gasteiger partial charge in [0, 0.05) is 6.42 Å². The summed E-state index contributed by atoms with van der Waals surface area (Å²) in [6.07, 6.45) is 1.80. The number of ether oxygens (including phenoxy) is 2. The molecule has 2 rings (SSSR count).